The lowest BCUT2D eigenvalue weighted by molar-refractivity contribution is -0.384. The first kappa shape index (κ1) is 27.7. The van der Waals surface area contributed by atoms with E-state index in [1.807, 2.05) is 20.8 Å². The van der Waals surface area contributed by atoms with E-state index in [1.54, 1.807) is 24.0 Å². The molecule has 4 rings (SSSR count). The molecule has 1 fully saturated rings. The molecule has 198 valence electrons. The molecule has 0 aromatic heterocycles. The molecule has 1 aliphatic heterocycles. The van der Waals surface area contributed by atoms with Crippen molar-refractivity contribution in [2.45, 2.75) is 64.8 Å². The number of nitrogens with zero attached hydrogens (tertiary/aromatic N) is 2. The third-order valence-electron chi connectivity index (χ3n) is 8.35. The predicted molar refractivity (Wildman–Crippen MR) is 144 cm³/mol. The lowest BCUT2D eigenvalue weighted by Crippen LogP contribution is -2.53. The van der Waals surface area contributed by atoms with Gasteiger partial charge in [-0.1, -0.05) is 74.1 Å². The molecule has 0 spiro atoms. The number of nitro groups is 1. The maximum absolute atomic E-state index is 14.2. The number of nitro benzene ring substituents is 1. The molecule has 0 saturated heterocycles. The summed E-state index contributed by atoms with van der Waals surface area (Å²) in [6, 6.07) is 5.98. The maximum atomic E-state index is 14.2. The van der Waals surface area contributed by atoms with Gasteiger partial charge in [0, 0.05) is 36.6 Å². The number of rotatable bonds is 5. The largest absolute Gasteiger partial charge is 0.481 e. The fraction of sp³-hybridized carbons (Fsp3) is 0.481. The van der Waals surface area contributed by atoms with Crippen LogP contribution in [-0.2, 0) is 16.8 Å². The first-order valence-corrected chi connectivity index (χ1v) is 13.3. The van der Waals surface area contributed by atoms with E-state index >= 15 is 0 Å². The number of fused-ring (bicyclic) bond motifs is 3. The molecule has 3 atom stereocenters. The lowest BCUT2D eigenvalue weighted by Gasteiger charge is -2.50. The zero-order valence-corrected chi connectivity index (χ0v) is 23.4. The summed E-state index contributed by atoms with van der Waals surface area (Å²) in [5.74, 6) is -1.88. The summed E-state index contributed by atoms with van der Waals surface area (Å²) in [4.78, 5) is 39.1. The summed E-state index contributed by atoms with van der Waals surface area (Å²) in [7, 11) is 0. The smallest absolute Gasteiger partial charge is 0.309 e. The van der Waals surface area contributed by atoms with Gasteiger partial charge in [-0.05, 0) is 42.4 Å². The summed E-state index contributed by atoms with van der Waals surface area (Å²) in [6.07, 6.45) is 1.73. The van der Waals surface area contributed by atoms with Gasteiger partial charge in [-0.25, -0.2) is 0 Å². The second kappa shape index (κ2) is 9.75. The van der Waals surface area contributed by atoms with Crippen molar-refractivity contribution in [2.75, 3.05) is 6.54 Å². The first-order chi connectivity index (χ1) is 17.2. The van der Waals surface area contributed by atoms with E-state index in [-0.39, 0.29) is 46.2 Å². The van der Waals surface area contributed by atoms with Gasteiger partial charge in [0.05, 0.1) is 31.0 Å². The summed E-state index contributed by atoms with van der Waals surface area (Å²) in [5, 5.41) is 22.2. The Balaban J connectivity index is 1.97. The Morgan fingerprint density at radius 1 is 1.14 bits per heavy atom. The molecule has 1 heterocycles. The number of hydrogen-bond acceptors (Lipinski definition) is 4. The van der Waals surface area contributed by atoms with Crippen molar-refractivity contribution in [1.29, 1.82) is 0 Å². The molecule has 2 aliphatic rings. The third-order valence-corrected chi connectivity index (χ3v) is 9.61. The zero-order valence-electron chi connectivity index (χ0n) is 21.1. The van der Waals surface area contributed by atoms with Gasteiger partial charge in [0.2, 0.25) is 0 Å². The zero-order chi connectivity index (χ0) is 27.4. The topological polar surface area (TPSA) is 101 Å². The minimum Gasteiger partial charge on any atom is -0.481 e. The van der Waals surface area contributed by atoms with Crippen molar-refractivity contribution < 1.29 is 19.6 Å². The van der Waals surface area contributed by atoms with Crippen molar-refractivity contribution in [3.05, 3.63) is 71.7 Å². The quantitative estimate of drug-likeness (QED) is 0.229. The van der Waals surface area contributed by atoms with E-state index < -0.39 is 27.6 Å². The van der Waals surface area contributed by atoms with Crippen LogP contribution in [-0.4, -0.2) is 33.4 Å². The standard InChI is InChI=1S/C27H29Cl3N2O5/c1-14(2)18-21(28)19-20(23(30)22(18)29)26(3)10-5-11-27(4,25(34)35)17(26)13-31(24(19)33)12-15-6-8-16(9-7-15)32(36)37/h6-9,14,17H,5,10-13H2,1-4H3,(H,34,35)/t17-,26+,27-/m1/s1. The van der Waals surface area contributed by atoms with Crippen LogP contribution in [0.15, 0.2) is 24.3 Å². The van der Waals surface area contributed by atoms with Gasteiger partial charge in [-0.3, -0.25) is 19.7 Å². The minimum atomic E-state index is -1.12. The lowest BCUT2D eigenvalue weighted by atomic mass is 9.53. The number of hydrogen-bond donors (Lipinski definition) is 1. The van der Waals surface area contributed by atoms with Crippen molar-refractivity contribution in [3.8, 4) is 0 Å². The van der Waals surface area contributed by atoms with Crippen molar-refractivity contribution >= 4 is 52.4 Å². The number of aliphatic carboxylic acids is 1. The molecule has 10 heteroatoms. The SMILES string of the molecule is CC(C)c1c(Cl)c(Cl)c2c(c1Cl)C(=O)N(Cc1ccc([N+](=O)[O-])cc1)C[C@H]1[C@](C)(C(=O)O)CCC[C@]21C. The van der Waals surface area contributed by atoms with Crippen molar-refractivity contribution in [3.63, 3.8) is 0 Å². The van der Waals surface area contributed by atoms with Crippen molar-refractivity contribution in [2.24, 2.45) is 11.3 Å². The molecule has 37 heavy (non-hydrogen) atoms. The Morgan fingerprint density at radius 3 is 2.30 bits per heavy atom. The highest BCUT2D eigenvalue weighted by atomic mass is 35.5. The third kappa shape index (κ3) is 4.39. The number of halogens is 3. The number of amides is 1. The van der Waals surface area contributed by atoms with Crippen LogP contribution in [0.25, 0.3) is 0 Å². The van der Waals surface area contributed by atoms with Crippen LogP contribution >= 0.6 is 34.8 Å². The number of non-ortho nitro benzene ring substituents is 1. The average molecular weight is 568 g/mol. The average Bonchev–Trinajstić information content (AvgIpc) is 2.91. The van der Waals surface area contributed by atoms with Gasteiger partial charge in [0.1, 0.15) is 0 Å². The van der Waals surface area contributed by atoms with Gasteiger partial charge in [0.15, 0.2) is 0 Å². The van der Waals surface area contributed by atoms with E-state index in [0.717, 1.165) is 0 Å². The molecule has 0 unspecified atom stereocenters. The van der Waals surface area contributed by atoms with E-state index in [9.17, 15) is 24.8 Å². The molecule has 0 radical (unpaired) electrons. The Labute approximate surface area is 230 Å². The van der Waals surface area contributed by atoms with Crippen LogP contribution in [0.5, 0.6) is 0 Å². The first-order valence-electron chi connectivity index (χ1n) is 12.2. The minimum absolute atomic E-state index is 0.0550. The predicted octanol–water partition coefficient (Wildman–Crippen LogP) is 7.48. The second-order valence-corrected chi connectivity index (χ2v) is 12.0. The van der Waals surface area contributed by atoms with Gasteiger partial charge in [-0.15, -0.1) is 0 Å². The summed E-state index contributed by atoms with van der Waals surface area (Å²) >= 11 is 20.6. The van der Waals surface area contributed by atoms with Crippen LogP contribution in [0.4, 0.5) is 5.69 Å². The van der Waals surface area contributed by atoms with Crippen LogP contribution in [0.3, 0.4) is 0 Å². The van der Waals surface area contributed by atoms with E-state index in [0.29, 0.717) is 41.0 Å². The Hall–Kier alpha value is -2.35. The number of carboxylic acids is 1. The van der Waals surface area contributed by atoms with Gasteiger partial charge >= 0.3 is 5.97 Å². The molecule has 1 amide bonds. The van der Waals surface area contributed by atoms with Crippen LogP contribution in [0.1, 0.15) is 79.9 Å². The number of carbonyl (C=O) groups is 2. The van der Waals surface area contributed by atoms with Crippen LogP contribution in [0.2, 0.25) is 15.1 Å². The fourth-order valence-electron chi connectivity index (χ4n) is 6.30. The Morgan fingerprint density at radius 2 is 1.76 bits per heavy atom. The molecule has 7 nitrogen and oxygen atoms in total. The summed E-state index contributed by atoms with van der Waals surface area (Å²) in [5.41, 5.74) is 0.0814. The molecule has 1 N–H and O–H groups in total. The normalized spacial score (nSPS) is 25.5. The highest BCUT2D eigenvalue weighted by Crippen LogP contribution is 2.59. The molecule has 0 bridgehead atoms. The van der Waals surface area contributed by atoms with E-state index in [2.05, 4.69) is 0 Å². The van der Waals surface area contributed by atoms with Gasteiger partial charge in [0.25, 0.3) is 11.6 Å². The molecular weight excluding hydrogens is 539 g/mol. The van der Waals surface area contributed by atoms with Crippen molar-refractivity contribution in [1.82, 2.24) is 4.90 Å². The van der Waals surface area contributed by atoms with E-state index in [1.165, 1.54) is 12.1 Å². The maximum Gasteiger partial charge on any atom is 0.309 e. The number of carboxylic acid groups (broad SMARTS) is 1. The monoisotopic (exact) mass is 566 g/mol. The number of benzene rings is 2. The highest BCUT2D eigenvalue weighted by Gasteiger charge is 2.58. The van der Waals surface area contributed by atoms with Crippen LogP contribution < -0.4 is 0 Å². The van der Waals surface area contributed by atoms with Gasteiger partial charge in [-0.2, -0.15) is 0 Å². The molecule has 2 aromatic carbocycles. The second-order valence-electron chi connectivity index (χ2n) is 10.9. The molecule has 1 aliphatic carbocycles. The highest BCUT2D eigenvalue weighted by molar-refractivity contribution is 6.46. The molecule has 2 aromatic rings. The molecular formula is C27H29Cl3N2O5. The van der Waals surface area contributed by atoms with E-state index in [4.69, 9.17) is 34.8 Å². The fourth-order valence-corrected chi connectivity index (χ4v) is 7.65. The number of carbonyl (C=O) groups excluding carboxylic acids is 1. The summed E-state index contributed by atoms with van der Waals surface area (Å²) < 4.78 is 0. The summed E-state index contributed by atoms with van der Waals surface area (Å²) in [6.45, 7) is 7.82. The Kier molecular flexibility index (Phi) is 7.30. The van der Waals surface area contributed by atoms with Crippen LogP contribution in [0, 0.1) is 21.4 Å². The molecule has 1 saturated carbocycles. The Bertz CT molecular complexity index is 1300. The van der Waals surface area contributed by atoms with Gasteiger partial charge < -0.3 is 10.0 Å².